The highest BCUT2D eigenvalue weighted by atomic mass is 32.1. The second-order valence-electron chi connectivity index (χ2n) is 14.6. The number of para-hydroxylation sites is 1. The molecule has 0 radical (unpaired) electrons. The number of hydrogen-bond acceptors (Lipinski definition) is 3. The predicted octanol–water partition coefficient (Wildman–Crippen LogP) is 14.8. The Hall–Kier alpha value is -7.40. The van der Waals surface area contributed by atoms with E-state index in [9.17, 15) is 0 Å². The molecular formula is C54H35N3S. The third-order valence-corrected chi connectivity index (χ3v) is 12.2. The van der Waals surface area contributed by atoms with Crippen LogP contribution in [0.3, 0.4) is 0 Å². The van der Waals surface area contributed by atoms with Gasteiger partial charge in [0.25, 0.3) is 0 Å². The van der Waals surface area contributed by atoms with Crippen LogP contribution >= 0.6 is 11.3 Å². The normalized spacial score (nSPS) is 11.4. The smallest absolute Gasteiger partial charge is 0.236 e. The Morgan fingerprint density at radius 1 is 0.328 bits per heavy atom. The molecule has 0 saturated heterocycles. The van der Waals surface area contributed by atoms with Gasteiger partial charge in [0.15, 0.2) is 0 Å². The summed E-state index contributed by atoms with van der Waals surface area (Å²) in [5.74, 6) is 0.642. The summed E-state index contributed by atoms with van der Waals surface area (Å²) >= 11 is 1.79. The molecule has 0 spiro atoms. The van der Waals surface area contributed by atoms with Crippen LogP contribution in [0.15, 0.2) is 212 Å². The summed E-state index contributed by atoms with van der Waals surface area (Å²) in [4.78, 5) is 12.2. The standard InChI is InChI=1S/C54H35N3S/c1-5-17-36(18-6-1)40-29-41(37-19-7-2-8-20-37)32-44(31-40)48-35-49(45-33-42(38-21-9-3-10-22-38)30-43(34-45)39-23-11-4-12-24-39)56-54(55-48)57-50-27-15-13-25-46(50)52-47-26-14-16-28-51(47)58-53(52)57/h1-35H. The highest BCUT2D eigenvalue weighted by Gasteiger charge is 2.21. The maximum atomic E-state index is 5.53. The highest BCUT2D eigenvalue weighted by molar-refractivity contribution is 7.25. The molecule has 0 saturated carbocycles. The second-order valence-corrected chi connectivity index (χ2v) is 15.7. The van der Waals surface area contributed by atoms with Crippen molar-refractivity contribution in [1.29, 1.82) is 0 Å². The first-order chi connectivity index (χ1) is 28.7. The molecule has 0 amide bonds. The van der Waals surface area contributed by atoms with Crippen LogP contribution in [-0.2, 0) is 0 Å². The zero-order valence-corrected chi connectivity index (χ0v) is 32.3. The van der Waals surface area contributed by atoms with Crippen molar-refractivity contribution in [3.63, 3.8) is 0 Å². The van der Waals surface area contributed by atoms with E-state index in [1.807, 2.05) is 0 Å². The largest absolute Gasteiger partial charge is 0.269 e. The first-order valence-corrected chi connectivity index (χ1v) is 20.4. The molecule has 8 aromatic carbocycles. The molecule has 11 aromatic rings. The Balaban J connectivity index is 1.22. The van der Waals surface area contributed by atoms with Crippen molar-refractivity contribution in [2.24, 2.45) is 0 Å². The molecule has 3 heterocycles. The fraction of sp³-hybridized carbons (Fsp3) is 0. The fourth-order valence-electron chi connectivity index (χ4n) is 8.21. The maximum absolute atomic E-state index is 5.53. The van der Waals surface area contributed by atoms with Gasteiger partial charge >= 0.3 is 0 Å². The van der Waals surface area contributed by atoms with E-state index in [0.29, 0.717) is 5.95 Å². The van der Waals surface area contributed by atoms with Crippen molar-refractivity contribution in [1.82, 2.24) is 14.5 Å². The van der Waals surface area contributed by atoms with E-state index in [2.05, 4.69) is 217 Å². The summed E-state index contributed by atoms with van der Waals surface area (Å²) in [6.45, 7) is 0. The maximum Gasteiger partial charge on any atom is 0.236 e. The van der Waals surface area contributed by atoms with E-state index in [4.69, 9.17) is 9.97 Å². The van der Waals surface area contributed by atoms with Crippen molar-refractivity contribution < 1.29 is 0 Å². The molecule has 3 nitrogen and oxygen atoms in total. The molecule has 0 atom stereocenters. The van der Waals surface area contributed by atoms with Gasteiger partial charge in [0.2, 0.25) is 5.95 Å². The van der Waals surface area contributed by atoms with Gasteiger partial charge in [-0.25, -0.2) is 9.97 Å². The van der Waals surface area contributed by atoms with Crippen LogP contribution in [-0.4, -0.2) is 14.5 Å². The zero-order valence-electron chi connectivity index (χ0n) is 31.5. The van der Waals surface area contributed by atoms with E-state index in [1.165, 1.54) is 20.9 Å². The van der Waals surface area contributed by atoms with E-state index < -0.39 is 0 Å². The lowest BCUT2D eigenvalue weighted by molar-refractivity contribution is 1.00. The number of rotatable bonds is 7. The summed E-state index contributed by atoms with van der Waals surface area (Å²) in [6, 6.07) is 75.7. The topological polar surface area (TPSA) is 30.7 Å². The summed E-state index contributed by atoms with van der Waals surface area (Å²) in [7, 11) is 0. The van der Waals surface area contributed by atoms with Gasteiger partial charge in [-0.1, -0.05) is 158 Å². The Bertz CT molecular complexity index is 3000. The van der Waals surface area contributed by atoms with Gasteiger partial charge in [-0.05, 0) is 99.1 Å². The van der Waals surface area contributed by atoms with Gasteiger partial charge in [0.05, 0.1) is 16.9 Å². The van der Waals surface area contributed by atoms with Gasteiger partial charge < -0.3 is 0 Å². The summed E-state index contributed by atoms with van der Waals surface area (Å²) in [5, 5.41) is 3.68. The summed E-state index contributed by atoms with van der Waals surface area (Å²) < 4.78 is 3.52. The van der Waals surface area contributed by atoms with E-state index in [1.54, 1.807) is 11.3 Å². The third-order valence-electron chi connectivity index (χ3n) is 11.0. The van der Waals surface area contributed by atoms with E-state index in [-0.39, 0.29) is 0 Å². The molecule has 0 bridgehead atoms. The van der Waals surface area contributed by atoms with Gasteiger partial charge in [-0.2, -0.15) is 0 Å². The molecule has 0 aliphatic carbocycles. The second kappa shape index (κ2) is 14.3. The van der Waals surface area contributed by atoms with Crippen molar-refractivity contribution in [3.8, 4) is 73.0 Å². The van der Waals surface area contributed by atoms with Gasteiger partial charge in [-0.15, -0.1) is 11.3 Å². The number of benzene rings is 8. The third kappa shape index (κ3) is 6.08. The monoisotopic (exact) mass is 757 g/mol. The van der Waals surface area contributed by atoms with Crippen molar-refractivity contribution in [2.75, 3.05) is 0 Å². The minimum Gasteiger partial charge on any atom is -0.269 e. The van der Waals surface area contributed by atoms with Crippen molar-refractivity contribution in [3.05, 3.63) is 212 Å². The fourth-order valence-corrected chi connectivity index (χ4v) is 9.44. The molecule has 4 heteroatoms. The Labute approximate surface area is 340 Å². The van der Waals surface area contributed by atoms with Gasteiger partial charge in [-0.3, -0.25) is 4.57 Å². The predicted molar refractivity (Wildman–Crippen MR) is 244 cm³/mol. The molecule has 3 aromatic heterocycles. The lowest BCUT2D eigenvalue weighted by Gasteiger charge is -2.15. The zero-order chi connectivity index (χ0) is 38.4. The van der Waals surface area contributed by atoms with Crippen LogP contribution in [0.5, 0.6) is 0 Å². The summed E-state index contributed by atoms with van der Waals surface area (Å²) in [5.41, 5.74) is 14.0. The average molecular weight is 758 g/mol. The lowest BCUT2D eigenvalue weighted by atomic mass is 9.93. The first-order valence-electron chi connectivity index (χ1n) is 19.6. The number of hydrogen-bond donors (Lipinski definition) is 0. The highest BCUT2D eigenvalue weighted by Crippen LogP contribution is 2.43. The lowest BCUT2D eigenvalue weighted by Crippen LogP contribution is -2.04. The van der Waals surface area contributed by atoms with Crippen molar-refractivity contribution >= 4 is 42.5 Å². The first kappa shape index (κ1) is 33.9. The minimum absolute atomic E-state index is 0.642. The SMILES string of the molecule is c1ccc(-c2cc(-c3ccccc3)cc(-c3cc(-c4cc(-c5ccccc5)cc(-c5ccccc5)c4)nc(-n4c5ccccc5c5c6ccccc6sc54)n3)c2)cc1. The van der Waals surface area contributed by atoms with E-state index in [0.717, 1.165) is 77.4 Å². The van der Waals surface area contributed by atoms with Crippen LogP contribution in [0.1, 0.15) is 0 Å². The molecule has 272 valence electrons. The van der Waals surface area contributed by atoms with Crippen LogP contribution in [0, 0.1) is 0 Å². The van der Waals surface area contributed by atoms with Gasteiger partial charge in [0.1, 0.15) is 4.83 Å². The van der Waals surface area contributed by atoms with Crippen LogP contribution in [0.4, 0.5) is 0 Å². The number of aromatic nitrogens is 3. The molecule has 0 aliphatic rings. The Morgan fingerprint density at radius 3 is 1.17 bits per heavy atom. The van der Waals surface area contributed by atoms with E-state index >= 15 is 0 Å². The average Bonchev–Trinajstić information content (AvgIpc) is 3.84. The van der Waals surface area contributed by atoms with Gasteiger partial charge in [0, 0.05) is 32.0 Å². The Morgan fingerprint density at radius 2 is 0.707 bits per heavy atom. The minimum atomic E-state index is 0.642. The molecule has 58 heavy (non-hydrogen) atoms. The molecule has 0 fully saturated rings. The molecule has 11 rings (SSSR count). The molecule has 0 aliphatic heterocycles. The number of nitrogens with zero attached hydrogens (tertiary/aromatic N) is 3. The van der Waals surface area contributed by atoms with Crippen molar-refractivity contribution in [2.45, 2.75) is 0 Å². The quantitative estimate of drug-likeness (QED) is 0.162. The van der Waals surface area contributed by atoms with Crippen LogP contribution < -0.4 is 0 Å². The Kier molecular flexibility index (Phi) is 8.34. The molecule has 0 unspecified atom stereocenters. The molecular weight excluding hydrogens is 723 g/mol. The number of fused-ring (bicyclic) bond motifs is 5. The summed E-state index contributed by atoms with van der Waals surface area (Å²) in [6.07, 6.45) is 0. The number of thiophene rings is 1. The van der Waals surface area contributed by atoms with Crippen LogP contribution in [0.25, 0.3) is 104 Å². The molecule has 0 N–H and O–H groups in total. The van der Waals surface area contributed by atoms with Crippen LogP contribution in [0.2, 0.25) is 0 Å².